The van der Waals surface area contributed by atoms with Gasteiger partial charge in [-0.25, -0.2) is 0 Å². The number of hydrogen-bond acceptors (Lipinski definition) is 5. The van der Waals surface area contributed by atoms with Gasteiger partial charge in [0.05, 0.1) is 17.7 Å². The van der Waals surface area contributed by atoms with Crippen molar-refractivity contribution >= 4 is 17.8 Å². The number of amides is 2. The number of hydrogen-bond donors (Lipinski definition) is 0. The second-order valence-corrected chi connectivity index (χ2v) is 5.62. The molecule has 0 N–H and O–H groups in total. The molecule has 0 aromatic heterocycles. The summed E-state index contributed by atoms with van der Waals surface area (Å²) >= 11 is 0. The van der Waals surface area contributed by atoms with Gasteiger partial charge in [0.15, 0.2) is 6.10 Å². The zero-order chi connectivity index (χ0) is 17.8. The monoisotopic (exact) mass is 339 g/mol. The van der Waals surface area contributed by atoms with E-state index in [1.54, 1.807) is 36.4 Å². The predicted molar refractivity (Wildman–Crippen MR) is 89.3 cm³/mol. The largest absolute Gasteiger partial charge is 0.490 e. The van der Waals surface area contributed by atoms with E-state index in [1.807, 2.05) is 18.2 Å². The quantitative estimate of drug-likeness (QED) is 0.596. The van der Waals surface area contributed by atoms with Crippen LogP contribution in [0.3, 0.4) is 0 Å². The third kappa shape index (κ3) is 3.68. The van der Waals surface area contributed by atoms with Crippen LogP contribution in [0.25, 0.3) is 0 Å². The van der Waals surface area contributed by atoms with Crippen molar-refractivity contribution in [3.8, 4) is 5.75 Å². The highest BCUT2D eigenvalue weighted by Gasteiger charge is 2.37. The Bertz CT molecular complexity index is 767. The van der Waals surface area contributed by atoms with Crippen LogP contribution in [0, 0.1) is 0 Å². The molecular weight excluding hydrogens is 322 g/mol. The lowest BCUT2D eigenvalue weighted by atomic mass is 10.1. The Morgan fingerprint density at radius 2 is 1.52 bits per heavy atom. The zero-order valence-electron chi connectivity index (χ0n) is 13.7. The molecule has 2 aromatic carbocycles. The van der Waals surface area contributed by atoms with Gasteiger partial charge >= 0.3 is 5.97 Å². The van der Waals surface area contributed by atoms with Crippen LogP contribution in [-0.4, -0.2) is 41.9 Å². The van der Waals surface area contributed by atoms with Crippen LogP contribution in [0.4, 0.5) is 0 Å². The number of carbonyl (C=O) groups is 3. The fraction of sp³-hybridized carbons (Fsp3) is 0.211. The van der Waals surface area contributed by atoms with Gasteiger partial charge in [0, 0.05) is 6.92 Å². The average Bonchev–Trinajstić information content (AvgIpc) is 2.85. The number of imide groups is 1. The number of carbonyl (C=O) groups excluding carboxylic acids is 3. The van der Waals surface area contributed by atoms with Gasteiger partial charge in [0.1, 0.15) is 12.4 Å². The molecule has 6 nitrogen and oxygen atoms in total. The highest BCUT2D eigenvalue weighted by molar-refractivity contribution is 6.21. The van der Waals surface area contributed by atoms with Crippen LogP contribution in [0.15, 0.2) is 54.6 Å². The van der Waals surface area contributed by atoms with Crippen LogP contribution < -0.4 is 4.74 Å². The molecule has 1 aliphatic heterocycles. The molecule has 2 amide bonds. The van der Waals surface area contributed by atoms with Crippen LogP contribution in [0.5, 0.6) is 5.75 Å². The zero-order valence-corrected chi connectivity index (χ0v) is 13.7. The van der Waals surface area contributed by atoms with Gasteiger partial charge in [-0.05, 0) is 24.3 Å². The molecule has 1 atom stereocenters. The Morgan fingerprint density at radius 3 is 2.08 bits per heavy atom. The molecule has 0 fully saturated rings. The minimum absolute atomic E-state index is 0.0387. The molecule has 0 spiro atoms. The predicted octanol–water partition coefficient (Wildman–Crippen LogP) is 2.29. The van der Waals surface area contributed by atoms with E-state index in [4.69, 9.17) is 9.47 Å². The fourth-order valence-electron chi connectivity index (χ4n) is 2.67. The van der Waals surface area contributed by atoms with E-state index in [0.29, 0.717) is 16.9 Å². The first-order valence-electron chi connectivity index (χ1n) is 7.86. The lowest BCUT2D eigenvalue weighted by molar-refractivity contribution is -0.148. The fourth-order valence-corrected chi connectivity index (χ4v) is 2.67. The topological polar surface area (TPSA) is 72.9 Å². The summed E-state index contributed by atoms with van der Waals surface area (Å²) in [6.07, 6.45) is -0.750. The lowest BCUT2D eigenvalue weighted by Gasteiger charge is -2.22. The van der Waals surface area contributed by atoms with E-state index in [1.165, 1.54) is 6.92 Å². The second kappa shape index (κ2) is 7.17. The van der Waals surface area contributed by atoms with Gasteiger partial charge in [-0.1, -0.05) is 30.3 Å². The maximum absolute atomic E-state index is 12.4. The molecule has 0 saturated heterocycles. The summed E-state index contributed by atoms with van der Waals surface area (Å²) < 4.78 is 10.8. The molecule has 1 heterocycles. The minimum atomic E-state index is -0.750. The van der Waals surface area contributed by atoms with Crippen LogP contribution in [-0.2, 0) is 9.53 Å². The second-order valence-electron chi connectivity index (χ2n) is 5.62. The van der Waals surface area contributed by atoms with Gasteiger partial charge in [-0.15, -0.1) is 0 Å². The number of para-hydroxylation sites is 1. The first-order valence-corrected chi connectivity index (χ1v) is 7.86. The van der Waals surface area contributed by atoms with Gasteiger partial charge in [0.2, 0.25) is 0 Å². The Hall–Kier alpha value is -3.15. The number of rotatable bonds is 6. The van der Waals surface area contributed by atoms with Gasteiger partial charge in [0.25, 0.3) is 11.8 Å². The number of esters is 1. The standard InChI is InChI=1S/C19H17NO5/c1-13(21)25-15(12-24-14-7-3-2-4-8-14)11-20-18(22)16-9-5-6-10-17(16)19(20)23/h2-10,15H,11-12H2,1H3/t15-/m1/s1. The highest BCUT2D eigenvalue weighted by Crippen LogP contribution is 2.23. The van der Waals surface area contributed by atoms with Gasteiger partial charge in [-0.2, -0.15) is 0 Å². The molecule has 2 aromatic rings. The number of benzene rings is 2. The summed E-state index contributed by atoms with van der Waals surface area (Å²) in [5.74, 6) is -0.671. The summed E-state index contributed by atoms with van der Waals surface area (Å²) in [4.78, 5) is 37.3. The third-order valence-corrected chi connectivity index (χ3v) is 3.78. The van der Waals surface area contributed by atoms with E-state index in [-0.39, 0.29) is 13.2 Å². The van der Waals surface area contributed by atoms with Crippen molar-refractivity contribution in [1.82, 2.24) is 4.90 Å². The smallest absolute Gasteiger partial charge is 0.303 e. The van der Waals surface area contributed by atoms with E-state index < -0.39 is 23.9 Å². The average molecular weight is 339 g/mol. The summed E-state index contributed by atoms with van der Waals surface area (Å²) in [7, 11) is 0. The number of fused-ring (bicyclic) bond motifs is 1. The summed E-state index contributed by atoms with van der Waals surface area (Å²) in [5.41, 5.74) is 0.719. The van der Waals surface area contributed by atoms with Crippen LogP contribution in [0.1, 0.15) is 27.6 Å². The summed E-state index contributed by atoms with van der Waals surface area (Å²) in [6, 6.07) is 15.7. The summed E-state index contributed by atoms with van der Waals surface area (Å²) in [5, 5.41) is 0. The lowest BCUT2D eigenvalue weighted by Crippen LogP contribution is -2.41. The minimum Gasteiger partial charge on any atom is -0.490 e. The maximum Gasteiger partial charge on any atom is 0.303 e. The van der Waals surface area contributed by atoms with E-state index in [2.05, 4.69) is 0 Å². The number of nitrogens with zero attached hydrogens (tertiary/aromatic N) is 1. The molecule has 6 heteroatoms. The van der Waals surface area contributed by atoms with E-state index in [0.717, 1.165) is 4.90 Å². The molecule has 1 aliphatic rings. The van der Waals surface area contributed by atoms with Crippen LogP contribution in [0.2, 0.25) is 0 Å². The molecule has 128 valence electrons. The Morgan fingerprint density at radius 1 is 0.960 bits per heavy atom. The molecular formula is C19H17NO5. The first-order chi connectivity index (χ1) is 12.1. The SMILES string of the molecule is CC(=O)O[C@@H](COc1ccccc1)CN1C(=O)c2ccccc2C1=O. The molecule has 0 bridgehead atoms. The Kier molecular flexibility index (Phi) is 4.79. The third-order valence-electron chi connectivity index (χ3n) is 3.78. The highest BCUT2D eigenvalue weighted by atomic mass is 16.6. The van der Waals surface area contributed by atoms with E-state index in [9.17, 15) is 14.4 Å². The van der Waals surface area contributed by atoms with Crippen molar-refractivity contribution in [1.29, 1.82) is 0 Å². The molecule has 0 radical (unpaired) electrons. The molecule has 0 saturated carbocycles. The maximum atomic E-state index is 12.4. The first kappa shape index (κ1) is 16.7. The number of ether oxygens (including phenoxy) is 2. The van der Waals surface area contributed by atoms with Gasteiger partial charge in [-0.3, -0.25) is 19.3 Å². The van der Waals surface area contributed by atoms with E-state index >= 15 is 0 Å². The normalized spacial score (nSPS) is 14.2. The van der Waals surface area contributed by atoms with Crippen molar-refractivity contribution in [3.63, 3.8) is 0 Å². The van der Waals surface area contributed by atoms with Crippen molar-refractivity contribution in [3.05, 3.63) is 65.7 Å². The molecule has 0 aliphatic carbocycles. The molecule has 25 heavy (non-hydrogen) atoms. The molecule has 0 unspecified atom stereocenters. The van der Waals surface area contributed by atoms with Crippen molar-refractivity contribution < 1.29 is 23.9 Å². The Labute approximate surface area is 145 Å². The summed E-state index contributed by atoms with van der Waals surface area (Å²) in [6.45, 7) is 1.26. The van der Waals surface area contributed by atoms with Crippen molar-refractivity contribution in [2.45, 2.75) is 13.0 Å². The Balaban J connectivity index is 1.71. The van der Waals surface area contributed by atoms with Crippen LogP contribution >= 0.6 is 0 Å². The van der Waals surface area contributed by atoms with Crippen molar-refractivity contribution in [2.75, 3.05) is 13.2 Å². The van der Waals surface area contributed by atoms with Crippen molar-refractivity contribution in [2.24, 2.45) is 0 Å². The van der Waals surface area contributed by atoms with Gasteiger partial charge < -0.3 is 9.47 Å². The molecule has 3 rings (SSSR count).